The summed E-state index contributed by atoms with van der Waals surface area (Å²) in [4.78, 5) is 16.9. The van der Waals surface area contributed by atoms with E-state index in [-0.39, 0.29) is 23.6 Å². The Bertz CT molecular complexity index is 892. The standard InChI is InChI=1S/C23H32FN5O2S/c1-3-28(19-8-6-18(24)7-9-19)21(30)16-32-23-26-25-22(27-12-10-17(2)11-13-27)29(23)15-20-5-4-14-31-20/h6-9,17,20H,3-5,10-16H2,1-2H3. The first-order valence-corrected chi connectivity index (χ1v) is 12.5. The summed E-state index contributed by atoms with van der Waals surface area (Å²) in [5, 5.41) is 9.71. The molecule has 1 aromatic carbocycles. The van der Waals surface area contributed by atoms with E-state index in [4.69, 9.17) is 4.74 Å². The van der Waals surface area contributed by atoms with Crippen LogP contribution < -0.4 is 9.80 Å². The lowest BCUT2D eigenvalue weighted by atomic mass is 10.00. The van der Waals surface area contributed by atoms with Gasteiger partial charge in [-0.2, -0.15) is 0 Å². The number of carbonyl (C=O) groups is 1. The van der Waals surface area contributed by atoms with Gasteiger partial charge in [-0.05, 0) is 62.8 Å². The van der Waals surface area contributed by atoms with E-state index in [1.807, 2.05) is 6.92 Å². The monoisotopic (exact) mass is 461 g/mol. The van der Waals surface area contributed by atoms with Crippen LogP contribution in [0, 0.1) is 11.7 Å². The van der Waals surface area contributed by atoms with Crippen LogP contribution in [0.25, 0.3) is 0 Å². The van der Waals surface area contributed by atoms with Gasteiger partial charge in [0.1, 0.15) is 5.82 Å². The molecule has 0 bridgehead atoms. The van der Waals surface area contributed by atoms with Gasteiger partial charge >= 0.3 is 0 Å². The molecule has 0 aliphatic carbocycles. The SMILES string of the molecule is CCN(C(=O)CSc1nnc(N2CCC(C)CC2)n1CC1CCCO1)c1ccc(F)cc1. The molecule has 2 saturated heterocycles. The van der Waals surface area contributed by atoms with Crippen molar-refractivity contribution >= 4 is 29.3 Å². The van der Waals surface area contributed by atoms with E-state index in [1.54, 1.807) is 17.0 Å². The van der Waals surface area contributed by atoms with Crippen LogP contribution in [-0.2, 0) is 16.1 Å². The molecule has 2 aliphatic heterocycles. The number of aromatic nitrogens is 3. The van der Waals surface area contributed by atoms with Crippen molar-refractivity contribution in [2.45, 2.75) is 57.3 Å². The van der Waals surface area contributed by atoms with Gasteiger partial charge in [-0.15, -0.1) is 10.2 Å². The number of rotatable bonds is 8. The van der Waals surface area contributed by atoms with Gasteiger partial charge in [0.25, 0.3) is 0 Å². The van der Waals surface area contributed by atoms with Crippen molar-refractivity contribution in [3.63, 3.8) is 0 Å². The zero-order chi connectivity index (χ0) is 22.5. The number of piperidine rings is 1. The fraction of sp³-hybridized carbons (Fsp3) is 0.609. The summed E-state index contributed by atoms with van der Waals surface area (Å²) in [5.74, 6) is 1.51. The highest BCUT2D eigenvalue weighted by Gasteiger charge is 2.26. The van der Waals surface area contributed by atoms with Crippen LogP contribution in [-0.4, -0.2) is 58.8 Å². The summed E-state index contributed by atoms with van der Waals surface area (Å²) in [7, 11) is 0. The van der Waals surface area contributed by atoms with Crippen LogP contribution in [0.4, 0.5) is 16.0 Å². The van der Waals surface area contributed by atoms with Crippen molar-refractivity contribution in [3.8, 4) is 0 Å². The van der Waals surface area contributed by atoms with Crippen LogP contribution in [0.1, 0.15) is 39.5 Å². The largest absolute Gasteiger partial charge is 0.376 e. The first-order valence-electron chi connectivity index (χ1n) is 11.5. The normalized spacial score (nSPS) is 19.5. The molecular formula is C23H32FN5O2S. The highest BCUT2D eigenvalue weighted by molar-refractivity contribution is 7.99. The minimum Gasteiger partial charge on any atom is -0.376 e. The number of nitrogens with zero attached hydrogens (tertiary/aromatic N) is 5. The number of hydrogen-bond acceptors (Lipinski definition) is 6. The number of halogens is 1. The minimum atomic E-state index is -0.312. The molecule has 1 amide bonds. The average Bonchev–Trinajstić information content (AvgIpc) is 3.45. The molecule has 0 saturated carbocycles. The highest BCUT2D eigenvalue weighted by atomic mass is 32.2. The molecule has 1 aromatic heterocycles. The Balaban J connectivity index is 1.48. The molecule has 0 spiro atoms. The summed E-state index contributed by atoms with van der Waals surface area (Å²) >= 11 is 1.41. The number of thioether (sulfide) groups is 1. The Hall–Kier alpha value is -2.13. The summed E-state index contributed by atoms with van der Waals surface area (Å²) in [6, 6.07) is 6.03. The molecule has 2 fully saturated rings. The molecule has 0 radical (unpaired) electrons. The van der Waals surface area contributed by atoms with Gasteiger partial charge in [0, 0.05) is 31.9 Å². The third-order valence-corrected chi connectivity index (χ3v) is 7.21. The minimum absolute atomic E-state index is 0.0379. The predicted octanol–water partition coefficient (Wildman–Crippen LogP) is 3.98. The summed E-state index contributed by atoms with van der Waals surface area (Å²) in [5.41, 5.74) is 0.698. The zero-order valence-electron chi connectivity index (χ0n) is 18.9. The maximum atomic E-state index is 13.3. The Morgan fingerprint density at radius 1 is 1.22 bits per heavy atom. The second-order valence-corrected chi connectivity index (χ2v) is 9.54. The van der Waals surface area contributed by atoms with Gasteiger partial charge in [0.2, 0.25) is 11.9 Å². The molecule has 3 heterocycles. The number of ether oxygens (including phenoxy) is 1. The Morgan fingerprint density at radius 2 is 1.97 bits per heavy atom. The second-order valence-electron chi connectivity index (χ2n) is 8.60. The van der Waals surface area contributed by atoms with Gasteiger partial charge < -0.3 is 14.5 Å². The summed E-state index contributed by atoms with van der Waals surface area (Å²) in [6.45, 7) is 8.19. The first-order chi connectivity index (χ1) is 15.5. The smallest absolute Gasteiger partial charge is 0.237 e. The van der Waals surface area contributed by atoms with Crippen molar-refractivity contribution in [1.29, 1.82) is 0 Å². The van der Waals surface area contributed by atoms with Crippen molar-refractivity contribution in [1.82, 2.24) is 14.8 Å². The molecular weight excluding hydrogens is 429 g/mol. The van der Waals surface area contributed by atoms with Crippen LogP contribution in [0.2, 0.25) is 0 Å². The molecule has 4 rings (SSSR count). The quantitative estimate of drug-likeness (QED) is 0.554. The van der Waals surface area contributed by atoms with Crippen LogP contribution in [0.15, 0.2) is 29.4 Å². The first kappa shape index (κ1) is 23.0. The van der Waals surface area contributed by atoms with E-state index in [2.05, 4.69) is 26.6 Å². The molecule has 1 unspecified atom stereocenters. The average molecular weight is 462 g/mol. The van der Waals surface area contributed by atoms with Gasteiger partial charge in [-0.3, -0.25) is 9.36 Å². The number of benzene rings is 1. The van der Waals surface area contributed by atoms with Crippen molar-refractivity contribution in [2.75, 3.05) is 41.8 Å². The third kappa shape index (κ3) is 5.43. The molecule has 7 nitrogen and oxygen atoms in total. The van der Waals surface area contributed by atoms with Crippen molar-refractivity contribution < 1.29 is 13.9 Å². The number of amides is 1. The highest BCUT2D eigenvalue weighted by Crippen LogP contribution is 2.28. The van der Waals surface area contributed by atoms with Crippen molar-refractivity contribution in [2.24, 2.45) is 5.92 Å². The third-order valence-electron chi connectivity index (χ3n) is 6.25. The van der Waals surface area contributed by atoms with Gasteiger partial charge in [-0.1, -0.05) is 18.7 Å². The predicted molar refractivity (Wildman–Crippen MR) is 125 cm³/mol. The second kappa shape index (κ2) is 10.7. The Morgan fingerprint density at radius 3 is 2.62 bits per heavy atom. The number of hydrogen-bond donors (Lipinski definition) is 0. The van der Waals surface area contributed by atoms with E-state index < -0.39 is 0 Å². The summed E-state index contributed by atoms with van der Waals surface area (Å²) < 4.78 is 21.3. The molecule has 32 heavy (non-hydrogen) atoms. The Kier molecular flexibility index (Phi) is 7.67. The molecule has 9 heteroatoms. The maximum Gasteiger partial charge on any atom is 0.237 e. The number of carbonyl (C=O) groups excluding carboxylic acids is 1. The summed E-state index contributed by atoms with van der Waals surface area (Å²) in [6.07, 6.45) is 4.57. The maximum absolute atomic E-state index is 13.3. The zero-order valence-corrected chi connectivity index (χ0v) is 19.7. The molecule has 1 atom stereocenters. The molecule has 2 aromatic rings. The number of anilines is 2. The van der Waals surface area contributed by atoms with E-state index in [1.165, 1.54) is 23.9 Å². The molecule has 174 valence electrons. The fourth-order valence-corrected chi connectivity index (χ4v) is 5.13. The van der Waals surface area contributed by atoms with Gasteiger partial charge in [0.15, 0.2) is 5.16 Å². The topological polar surface area (TPSA) is 63.5 Å². The lowest BCUT2D eigenvalue weighted by Gasteiger charge is -2.31. The molecule has 0 N–H and O–H groups in total. The fourth-order valence-electron chi connectivity index (χ4n) is 4.31. The lowest BCUT2D eigenvalue weighted by Crippen LogP contribution is -2.35. The van der Waals surface area contributed by atoms with E-state index >= 15 is 0 Å². The van der Waals surface area contributed by atoms with E-state index in [9.17, 15) is 9.18 Å². The Labute approximate surface area is 193 Å². The van der Waals surface area contributed by atoms with E-state index in [0.717, 1.165) is 62.4 Å². The van der Waals surface area contributed by atoms with Gasteiger partial charge in [-0.25, -0.2) is 4.39 Å². The van der Waals surface area contributed by atoms with Crippen LogP contribution in [0.3, 0.4) is 0 Å². The lowest BCUT2D eigenvalue weighted by molar-refractivity contribution is -0.116. The van der Waals surface area contributed by atoms with Crippen LogP contribution >= 0.6 is 11.8 Å². The van der Waals surface area contributed by atoms with Gasteiger partial charge in [0.05, 0.1) is 18.4 Å². The van der Waals surface area contributed by atoms with Crippen LogP contribution in [0.5, 0.6) is 0 Å². The molecule has 2 aliphatic rings. The van der Waals surface area contributed by atoms with E-state index in [0.29, 0.717) is 18.8 Å². The van der Waals surface area contributed by atoms with Crippen molar-refractivity contribution in [3.05, 3.63) is 30.1 Å².